The molecule has 0 aromatic heterocycles. The summed E-state index contributed by atoms with van der Waals surface area (Å²) < 4.78 is 5.76. The Labute approximate surface area is 158 Å². The Kier molecular flexibility index (Phi) is 4.51. The predicted molar refractivity (Wildman–Crippen MR) is 102 cm³/mol. The summed E-state index contributed by atoms with van der Waals surface area (Å²) >= 11 is 6.17. The van der Waals surface area contributed by atoms with Gasteiger partial charge in [0.25, 0.3) is 5.91 Å². The van der Waals surface area contributed by atoms with E-state index in [1.165, 1.54) is 0 Å². The first-order valence-corrected chi connectivity index (χ1v) is 9.25. The van der Waals surface area contributed by atoms with Crippen LogP contribution in [0.25, 0.3) is 5.70 Å². The number of ether oxygens (including phenoxy) is 1. The highest BCUT2D eigenvalue weighted by Gasteiger charge is 2.39. The zero-order valence-corrected chi connectivity index (χ0v) is 15.6. The third kappa shape index (κ3) is 3.13. The maximum Gasteiger partial charge on any atom is 0.266 e. The second-order valence-corrected chi connectivity index (χ2v) is 7.36. The van der Waals surface area contributed by atoms with E-state index < -0.39 is 6.17 Å². The quantitative estimate of drug-likeness (QED) is 0.868. The number of nitrogens with one attached hydrogen (secondary N) is 1. The van der Waals surface area contributed by atoms with E-state index >= 15 is 0 Å². The summed E-state index contributed by atoms with van der Waals surface area (Å²) in [4.78, 5) is 17.1. The molecule has 0 spiro atoms. The van der Waals surface area contributed by atoms with E-state index in [-0.39, 0.29) is 18.1 Å². The predicted octanol–water partition coefficient (Wildman–Crippen LogP) is 2.96. The number of amides is 1. The standard InChI is InChI=1S/C20H22ClN3O2/c1-13-11-23(12-14(2)26-13)20(25)19-22-18(15-6-5-7-16(21)10-15)17-8-3-4-9-24(17)19/h3-10,13-14,19,22H,11-12H2,1-2H3. The number of hydrogen-bond donors (Lipinski definition) is 1. The van der Waals surface area contributed by atoms with Gasteiger partial charge in [0.2, 0.25) is 0 Å². The van der Waals surface area contributed by atoms with E-state index in [0.29, 0.717) is 18.1 Å². The number of hydrogen-bond acceptors (Lipinski definition) is 4. The van der Waals surface area contributed by atoms with Crippen LogP contribution in [0.15, 0.2) is 54.4 Å². The highest BCUT2D eigenvalue weighted by molar-refractivity contribution is 6.30. The van der Waals surface area contributed by atoms with Crippen molar-refractivity contribution >= 4 is 23.2 Å². The molecule has 6 heteroatoms. The number of halogens is 1. The smallest absolute Gasteiger partial charge is 0.266 e. The third-order valence-electron chi connectivity index (χ3n) is 4.78. The fourth-order valence-corrected chi connectivity index (χ4v) is 3.95. The van der Waals surface area contributed by atoms with Crippen molar-refractivity contribution in [3.05, 3.63) is 65.0 Å². The molecule has 1 N–H and O–H groups in total. The Morgan fingerprint density at radius 2 is 2.00 bits per heavy atom. The summed E-state index contributed by atoms with van der Waals surface area (Å²) in [7, 11) is 0. The molecular weight excluding hydrogens is 350 g/mol. The molecule has 3 heterocycles. The molecule has 4 rings (SSSR count). The van der Waals surface area contributed by atoms with E-state index in [1.54, 1.807) is 0 Å². The summed E-state index contributed by atoms with van der Waals surface area (Å²) in [5, 5.41) is 4.09. The first-order chi connectivity index (χ1) is 12.5. The second kappa shape index (κ2) is 6.82. The summed E-state index contributed by atoms with van der Waals surface area (Å²) in [6.45, 7) is 5.22. The van der Waals surface area contributed by atoms with Gasteiger partial charge in [0.15, 0.2) is 6.17 Å². The maximum atomic E-state index is 13.2. The van der Waals surface area contributed by atoms with E-state index in [2.05, 4.69) is 5.32 Å². The van der Waals surface area contributed by atoms with Gasteiger partial charge in [-0.25, -0.2) is 0 Å². The Morgan fingerprint density at radius 1 is 1.23 bits per heavy atom. The summed E-state index contributed by atoms with van der Waals surface area (Å²) in [6, 6.07) is 7.67. The average Bonchev–Trinajstić information content (AvgIpc) is 3.00. The van der Waals surface area contributed by atoms with Crippen LogP contribution in [-0.4, -0.2) is 47.2 Å². The van der Waals surface area contributed by atoms with Crippen LogP contribution in [0.5, 0.6) is 0 Å². The van der Waals surface area contributed by atoms with Crippen molar-refractivity contribution in [3.8, 4) is 0 Å². The molecule has 5 nitrogen and oxygen atoms in total. The van der Waals surface area contributed by atoms with Crippen molar-refractivity contribution in [2.24, 2.45) is 0 Å². The van der Waals surface area contributed by atoms with Crippen molar-refractivity contribution in [2.75, 3.05) is 13.1 Å². The van der Waals surface area contributed by atoms with Gasteiger partial charge >= 0.3 is 0 Å². The number of carbonyl (C=O) groups excluding carboxylic acids is 1. The minimum absolute atomic E-state index is 0.0423. The number of morpholine rings is 1. The highest BCUT2D eigenvalue weighted by atomic mass is 35.5. The van der Waals surface area contributed by atoms with Crippen LogP contribution in [0.3, 0.4) is 0 Å². The molecule has 136 valence electrons. The molecule has 1 amide bonds. The van der Waals surface area contributed by atoms with Crippen LogP contribution in [-0.2, 0) is 9.53 Å². The van der Waals surface area contributed by atoms with Crippen molar-refractivity contribution in [1.82, 2.24) is 15.1 Å². The monoisotopic (exact) mass is 371 g/mol. The van der Waals surface area contributed by atoms with Crippen molar-refractivity contribution in [1.29, 1.82) is 0 Å². The van der Waals surface area contributed by atoms with Crippen LogP contribution in [0.4, 0.5) is 0 Å². The molecule has 26 heavy (non-hydrogen) atoms. The van der Waals surface area contributed by atoms with Crippen molar-refractivity contribution in [3.63, 3.8) is 0 Å². The number of rotatable bonds is 2. The summed E-state index contributed by atoms with van der Waals surface area (Å²) in [6.07, 6.45) is 7.50. The molecule has 3 unspecified atom stereocenters. The minimum atomic E-state index is -0.460. The van der Waals surface area contributed by atoms with Crippen LogP contribution in [0.1, 0.15) is 19.4 Å². The normalized spacial score (nSPS) is 27.6. The van der Waals surface area contributed by atoms with Crippen molar-refractivity contribution < 1.29 is 9.53 Å². The maximum absolute atomic E-state index is 13.2. The van der Waals surface area contributed by atoms with Gasteiger partial charge in [0, 0.05) is 29.9 Å². The number of benzene rings is 1. The zero-order chi connectivity index (χ0) is 18.3. The zero-order valence-electron chi connectivity index (χ0n) is 14.9. The van der Waals surface area contributed by atoms with Crippen LogP contribution in [0, 0.1) is 0 Å². The van der Waals surface area contributed by atoms with Crippen molar-refractivity contribution in [2.45, 2.75) is 32.2 Å². The lowest BCUT2D eigenvalue weighted by molar-refractivity contribution is -0.147. The van der Waals surface area contributed by atoms with Gasteiger partial charge in [0.1, 0.15) is 0 Å². The summed E-state index contributed by atoms with van der Waals surface area (Å²) in [5.41, 5.74) is 2.86. The molecule has 0 bridgehead atoms. The molecule has 1 fully saturated rings. The van der Waals surface area contributed by atoms with Gasteiger partial charge in [-0.05, 0) is 38.1 Å². The second-order valence-electron chi connectivity index (χ2n) is 6.93. The van der Waals surface area contributed by atoms with E-state index in [1.807, 2.05) is 72.3 Å². The molecule has 1 aromatic rings. The number of carbonyl (C=O) groups is 1. The number of allylic oxidation sites excluding steroid dienone is 3. The largest absolute Gasteiger partial charge is 0.372 e. The molecule has 0 radical (unpaired) electrons. The Balaban J connectivity index is 1.63. The third-order valence-corrected chi connectivity index (χ3v) is 5.02. The summed E-state index contributed by atoms with van der Waals surface area (Å²) in [5.74, 6) is 0.0569. The van der Waals surface area contributed by atoms with Crippen LogP contribution in [0.2, 0.25) is 5.02 Å². The van der Waals surface area contributed by atoms with Gasteiger partial charge in [-0.2, -0.15) is 0 Å². The van der Waals surface area contributed by atoms with Gasteiger partial charge in [-0.15, -0.1) is 0 Å². The van der Waals surface area contributed by atoms with Crippen LogP contribution >= 0.6 is 11.6 Å². The van der Waals surface area contributed by atoms with Gasteiger partial charge in [0.05, 0.1) is 23.6 Å². The molecular formula is C20H22ClN3O2. The Hall–Kier alpha value is -2.24. The fraction of sp³-hybridized carbons (Fsp3) is 0.350. The van der Waals surface area contributed by atoms with E-state index in [0.717, 1.165) is 17.0 Å². The lowest BCUT2D eigenvalue weighted by Gasteiger charge is -2.38. The molecule has 0 aliphatic carbocycles. The molecule has 0 saturated carbocycles. The average molecular weight is 372 g/mol. The topological polar surface area (TPSA) is 44.8 Å². The highest BCUT2D eigenvalue weighted by Crippen LogP contribution is 2.32. The Morgan fingerprint density at radius 3 is 2.73 bits per heavy atom. The fourth-order valence-electron chi connectivity index (χ4n) is 3.76. The van der Waals surface area contributed by atoms with Gasteiger partial charge < -0.3 is 19.9 Å². The number of fused-ring (bicyclic) bond motifs is 1. The molecule has 3 aliphatic rings. The molecule has 3 atom stereocenters. The molecule has 1 aromatic carbocycles. The van der Waals surface area contributed by atoms with Gasteiger partial charge in [-0.3, -0.25) is 4.79 Å². The van der Waals surface area contributed by atoms with Crippen LogP contribution < -0.4 is 5.32 Å². The minimum Gasteiger partial charge on any atom is -0.372 e. The molecule has 1 saturated heterocycles. The lowest BCUT2D eigenvalue weighted by Crippen LogP contribution is -2.56. The SMILES string of the molecule is CC1CN(C(=O)C2NC(c3cccc(Cl)c3)=C3C=CC=CN32)CC(C)O1. The van der Waals surface area contributed by atoms with Gasteiger partial charge in [-0.1, -0.05) is 29.8 Å². The molecule has 3 aliphatic heterocycles. The Bertz CT molecular complexity index is 807. The lowest BCUT2D eigenvalue weighted by atomic mass is 10.1. The first kappa shape index (κ1) is 17.2. The van der Waals surface area contributed by atoms with E-state index in [9.17, 15) is 4.79 Å². The first-order valence-electron chi connectivity index (χ1n) is 8.87. The number of nitrogens with zero attached hydrogens (tertiary/aromatic N) is 2. The van der Waals surface area contributed by atoms with E-state index in [4.69, 9.17) is 16.3 Å².